The molecule has 0 saturated carbocycles. The molecule has 0 radical (unpaired) electrons. The van der Waals surface area contributed by atoms with Crippen molar-refractivity contribution in [1.82, 2.24) is 14.5 Å². The summed E-state index contributed by atoms with van der Waals surface area (Å²) >= 11 is 3.05. The maximum absolute atomic E-state index is 13.4. The molecule has 0 bridgehead atoms. The first-order valence-corrected chi connectivity index (χ1v) is 14.7. The van der Waals surface area contributed by atoms with Gasteiger partial charge in [-0.3, -0.25) is 14.2 Å². The van der Waals surface area contributed by atoms with Gasteiger partial charge in [-0.1, -0.05) is 79.3 Å². The highest BCUT2D eigenvalue weighted by Gasteiger charge is 2.27. The molecule has 36 heavy (non-hydrogen) atoms. The van der Waals surface area contributed by atoms with Crippen molar-refractivity contribution in [3.8, 4) is 0 Å². The summed E-state index contributed by atoms with van der Waals surface area (Å²) in [6.07, 6.45) is 4.74. The van der Waals surface area contributed by atoms with Crippen molar-refractivity contribution < 1.29 is 4.79 Å². The Morgan fingerprint density at radius 3 is 2.39 bits per heavy atom. The average molecular weight is 520 g/mol. The van der Waals surface area contributed by atoms with E-state index < -0.39 is 0 Å². The maximum Gasteiger partial charge on any atom is 0.268 e. The zero-order valence-corrected chi connectivity index (χ0v) is 22.4. The van der Waals surface area contributed by atoms with E-state index in [1.807, 2.05) is 23.1 Å². The summed E-state index contributed by atoms with van der Waals surface area (Å²) in [6.45, 7) is 4.32. The summed E-state index contributed by atoms with van der Waals surface area (Å²) in [5.41, 5.74) is 3.50. The van der Waals surface area contributed by atoms with Crippen LogP contribution in [0.5, 0.6) is 0 Å². The monoisotopic (exact) mass is 519 g/mol. The Morgan fingerprint density at radius 2 is 1.69 bits per heavy atom. The van der Waals surface area contributed by atoms with Gasteiger partial charge in [0.1, 0.15) is 0 Å². The zero-order chi connectivity index (χ0) is 24.9. The number of benzene rings is 2. The lowest BCUT2D eigenvalue weighted by Crippen LogP contribution is -2.40. The Balaban J connectivity index is 1.22. The Bertz CT molecular complexity index is 1240. The van der Waals surface area contributed by atoms with E-state index in [1.54, 1.807) is 16.3 Å². The Hall–Kier alpha value is -2.51. The molecular formula is C29H33N3O2S2. The van der Waals surface area contributed by atoms with Crippen LogP contribution in [-0.4, -0.2) is 44.5 Å². The molecule has 0 spiro atoms. The lowest BCUT2D eigenvalue weighted by Gasteiger charge is -2.32. The summed E-state index contributed by atoms with van der Waals surface area (Å²) in [5.74, 6) is 1.10. The van der Waals surface area contributed by atoms with Gasteiger partial charge in [0.05, 0.1) is 16.3 Å². The third-order valence-electron chi connectivity index (χ3n) is 7.09. The lowest BCUT2D eigenvalue weighted by atomic mass is 9.90. The van der Waals surface area contributed by atoms with Crippen LogP contribution in [0, 0.1) is 5.92 Å². The van der Waals surface area contributed by atoms with Gasteiger partial charge in [-0.15, -0.1) is 11.8 Å². The number of hydrogen-bond donors (Lipinski definition) is 0. The van der Waals surface area contributed by atoms with Gasteiger partial charge in [-0.2, -0.15) is 0 Å². The summed E-state index contributed by atoms with van der Waals surface area (Å²) in [5, 5.41) is 1.04. The van der Waals surface area contributed by atoms with Crippen LogP contribution in [0.15, 0.2) is 75.5 Å². The molecule has 0 N–H and O–H groups in total. The van der Waals surface area contributed by atoms with E-state index in [-0.39, 0.29) is 11.5 Å². The van der Waals surface area contributed by atoms with Crippen LogP contribution < -0.4 is 5.56 Å². The molecule has 1 aromatic heterocycles. The first kappa shape index (κ1) is 25.2. The van der Waals surface area contributed by atoms with E-state index in [2.05, 4.69) is 49.4 Å². The number of piperidine rings is 1. The van der Waals surface area contributed by atoms with E-state index in [0.717, 1.165) is 55.8 Å². The standard InChI is InChI=1S/C29H33N3O2S2/c1-21-18-25-27(36-21)28(34)32(17-14-22-8-4-2-5-9-22)29(30-25)35-20-26(33)31-15-12-24(13-16-31)19-23-10-6-3-7-11-23/h2-11,21,24H,12-20H2,1H3. The molecular weight excluding hydrogens is 486 g/mol. The lowest BCUT2D eigenvalue weighted by molar-refractivity contribution is -0.129. The van der Waals surface area contributed by atoms with E-state index in [9.17, 15) is 9.59 Å². The van der Waals surface area contributed by atoms with Gasteiger partial charge < -0.3 is 4.90 Å². The van der Waals surface area contributed by atoms with Gasteiger partial charge in [-0.05, 0) is 42.7 Å². The van der Waals surface area contributed by atoms with Gasteiger partial charge in [0.2, 0.25) is 5.91 Å². The van der Waals surface area contributed by atoms with Crippen molar-refractivity contribution in [3.63, 3.8) is 0 Å². The van der Waals surface area contributed by atoms with Crippen LogP contribution in [0.3, 0.4) is 0 Å². The second kappa shape index (κ2) is 11.7. The first-order valence-electron chi connectivity index (χ1n) is 12.9. The summed E-state index contributed by atoms with van der Waals surface area (Å²) in [4.78, 5) is 34.1. The third-order valence-corrected chi connectivity index (χ3v) is 9.27. The fraction of sp³-hybridized carbons (Fsp3) is 0.414. The molecule has 2 aliphatic rings. The molecule has 0 aliphatic carbocycles. The van der Waals surface area contributed by atoms with Crippen LogP contribution in [0.25, 0.3) is 0 Å². The topological polar surface area (TPSA) is 55.2 Å². The number of thioether (sulfide) groups is 2. The molecule has 7 heteroatoms. The number of nitrogens with zero attached hydrogens (tertiary/aromatic N) is 3. The Morgan fingerprint density at radius 1 is 1.03 bits per heavy atom. The number of carbonyl (C=O) groups is 1. The molecule has 1 amide bonds. The molecule has 2 aromatic carbocycles. The molecule has 5 nitrogen and oxygen atoms in total. The van der Waals surface area contributed by atoms with E-state index >= 15 is 0 Å². The number of rotatable bonds is 8. The minimum Gasteiger partial charge on any atom is -0.342 e. The van der Waals surface area contributed by atoms with Crippen LogP contribution in [0.1, 0.15) is 36.6 Å². The fourth-order valence-corrected chi connectivity index (χ4v) is 7.14. The quantitative estimate of drug-likeness (QED) is 0.306. The van der Waals surface area contributed by atoms with Gasteiger partial charge in [0, 0.05) is 31.3 Å². The van der Waals surface area contributed by atoms with Crippen LogP contribution in [-0.2, 0) is 30.6 Å². The van der Waals surface area contributed by atoms with Gasteiger partial charge >= 0.3 is 0 Å². The van der Waals surface area contributed by atoms with Gasteiger partial charge in [0.15, 0.2) is 5.16 Å². The number of carbonyl (C=O) groups excluding carboxylic acids is 1. The largest absolute Gasteiger partial charge is 0.342 e. The highest BCUT2D eigenvalue weighted by molar-refractivity contribution is 8.00. The van der Waals surface area contributed by atoms with Crippen molar-refractivity contribution >= 4 is 29.4 Å². The number of hydrogen-bond acceptors (Lipinski definition) is 5. The average Bonchev–Trinajstić information content (AvgIpc) is 3.29. The van der Waals surface area contributed by atoms with Crippen molar-refractivity contribution in [3.05, 3.63) is 87.8 Å². The summed E-state index contributed by atoms with van der Waals surface area (Å²) < 4.78 is 1.79. The predicted octanol–water partition coefficient (Wildman–Crippen LogP) is 5.10. The Kier molecular flexibility index (Phi) is 8.17. The van der Waals surface area contributed by atoms with Crippen molar-refractivity contribution in [2.45, 2.75) is 60.9 Å². The number of fused-ring (bicyclic) bond motifs is 1. The minimum atomic E-state index is 0.0435. The molecule has 1 fully saturated rings. The smallest absolute Gasteiger partial charge is 0.268 e. The van der Waals surface area contributed by atoms with E-state index in [1.165, 1.54) is 22.9 Å². The SMILES string of the molecule is CC1Cc2nc(SCC(=O)N3CCC(Cc4ccccc4)CC3)n(CCc3ccccc3)c(=O)c2S1. The first-order chi connectivity index (χ1) is 17.6. The predicted molar refractivity (Wildman–Crippen MR) is 148 cm³/mol. The molecule has 1 unspecified atom stereocenters. The number of likely N-dealkylation sites (tertiary alicyclic amines) is 1. The van der Waals surface area contributed by atoms with Crippen molar-refractivity contribution in [2.24, 2.45) is 5.92 Å². The van der Waals surface area contributed by atoms with Crippen molar-refractivity contribution in [2.75, 3.05) is 18.8 Å². The molecule has 3 aromatic rings. The molecule has 188 valence electrons. The fourth-order valence-electron chi connectivity index (χ4n) is 5.08. The van der Waals surface area contributed by atoms with Crippen molar-refractivity contribution in [1.29, 1.82) is 0 Å². The molecule has 2 aliphatic heterocycles. The molecule has 1 atom stereocenters. The number of aryl methyl sites for hydroxylation is 1. The second-order valence-electron chi connectivity index (χ2n) is 9.80. The van der Waals surface area contributed by atoms with E-state index in [4.69, 9.17) is 4.98 Å². The van der Waals surface area contributed by atoms with Crippen LogP contribution >= 0.6 is 23.5 Å². The minimum absolute atomic E-state index is 0.0435. The summed E-state index contributed by atoms with van der Waals surface area (Å²) in [6, 6.07) is 20.8. The second-order valence-corrected chi connectivity index (χ2v) is 12.2. The highest BCUT2D eigenvalue weighted by atomic mass is 32.2. The number of amides is 1. The van der Waals surface area contributed by atoms with Gasteiger partial charge in [0.25, 0.3) is 5.56 Å². The van der Waals surface area contributed by atoms with Crippen LogP contribution in [0.4, 0.5) is 0 Å². The molecule has 5 rings (SSSR count). The highest BCUT2D eigenvalue weighted by Crippen LogP contribution is 2.34. The molecule has 1 saturated heterocycles. The van der Waals surface area contributed by atoms with Crippen LogP contribution in [0.2, 0.25) is 0 Å². The molecule has 3 heterocycles. The third kappa shape index (κ3) is 6.06. The Labute approximate surface area is 221 Å². The zero-order valence-electron chi connectivity index (χ0n) is 20.8. The van der Waals surface area contributed by atoms with E-state index in [0.29, 0.717) is 28.6 Å². The summed E-state index contributed by atoms with van der Waals surface area (Å²) in [7, 11) is 0. The maximum atomic E-state index is 13.4. The normalized spacial score (nSPS) is 17.8. The van der Waals surface area contributed by atoms with Gasteiger partial charge in [-0.25, -0.2) is 4.98 Å². The number of aromatic nitrogens is 2.